The quantitative estimate of drug-likeness (QED) is 0.778. The van der Waals surface area contributed by atoms with E-state index in [4.69, 9.17) is 0 Å². The van der Waals surface area contributed by atoms with Crippen LogP contribution < -0.4 is 5.32 Å². The van der Waals surface area contributed by atoms with Gasteiger partial charge in [0.05, 0.1) is 0 Å². The molecule has 1 rings (SSSR count). The van der Waals surface area contributed by atoms with Crippen molar-refractivity contribution < 1.29 is 4.79 Å². The molecule has 1 aromatic rings. The van der Waals surface area contributed by atoms with Crippen molar-refractivity contribution in [1.29, 1.82) is 0 Å². The number of hydrogen-bond donors (Lipinski definition) is 1. The Hall–Kier alpha value is -1.35. The molecule has 0 bridgehead atoms. The first-order valence-electron chi connectivity index (χ1n) is 7.89. The number of carbonyl (C=O) groups excluding carboxylic acids is 1. The van der Waals surface area contributed by atoms with Crippen LogP contribution in [0.25, 0.3) is 0 Å². The molecule has 0 heterocycles. The van der Waals surface area contributed by atoms with E-state index in [1.807, 2.05) is 20.2 Å². The number of amides is 1. The Bertz CT molecular complexity index is 464. The highest BCUT2D eigenvalue weighted by molar-refractivity contribution is 5.94. The average molecular weight is 290 g/mol. The van der Waals surface area contributed by atoms with Gasteiger partial charge < -0.3 is 10.2 Å². The van der Waals surface area contributed by atoms with E-state index in [9.17, 15) is 4.79 Å². The van der Waals surface area contributed by atoms with Gasteiger partial charge in [-0.15, -0.1) is 0 Å². The molecule has 0 unspecified atom stereocenters. The Labute approximate surface area is 129 Å². The summed E-state index contributed by atoms with van der Waals surface area (Å²) in [7, 11) is 4.09. The van der Waals surface area contributed by atoms with Crippen LogP contribution >= 0.6 is 0 Å². The fourth-order valence-electron chi connectivity index (χ4n) is 2.44. The topological polar surface area (TPSA) is 32.3 Å². The SMILES string of the molecule is CC(C)c1ccc(C(=O)NCCCN(C)C)cc1C(C)C. The summed E-state index contributed by atoms with van der Waals surface area (Å²) in [5.74, 6) is 0.953. The van der Waals surface area contributed by atoms with Crippen molar-refractivity contribution >= 4 is 5.91 Å². The molecule has 1 amide bonds. The van der Waals surface area contributed by atoms with Crippen LogP contribution in [0.1, 0.15) is 67.4 Å². The Morgan fingerprint density at radius 3 is 2.24 bits per heavy atom. The second kappa shape index (κ2) is 8.18. The largest absolute Gasteiger partial charge is 0.352 e. The van der Waals surface area contributed by atoms with E-state index >= 15 is 0 Å². The number of benzene rings is 1. The van der Waals surface area contributed by atoms with E-state index in [1.165, 1.54) is 11.1 Å². The molecular weight excluding hydrogens is 260 g/mol. The number of carbonyl (C=O) groups is 1. The van der Waals surface area contributed by atoms with E-state index in [2.05, 4.69) is 50.0 Å². The number of nitrogens with one attached hydrogen (secondary N) is 1. The summed E-state index contributed by atoms with van der Waals surface area (Å²) in [5, 5.41) is 3.00. The molecule has 0 saturated heterocycles. The molecule has 0 aliphatic rings. The minimum absolute atomic E-state index is 0.0333. The lowest BCUT2D eigenvalue weighted by Crippen LogP contribution is -2.27. The summed E-state index contributed by atoms with van der Waals surface area (Å²) in [6, 6.07) is 6.11. The zero-order valence-corrected chi connectivity index (χ0v) is 14.4. The Morgan fingerprint density at radius 2 is 1.71 bits per heavy atom. The van der Waals surface area contributed by atoms with Crippen molar-refractivity contribution in [3.8, 4) is 0 Å². The van der Waals surface area contributed by atoms with Gasteiger partial charge in [-0.2, -0.15) is 0 Å². The van der Waals surface area contributed by atoms with E-state index in [0.717, 1.165) is 25.1 Å². The standard InChI is InChI=1S/C18H30N2O/c1-13(2)16-9-8-15(12-17(16)14(3)4)18(21)19-10-7-11-20(5)6/h8-9,12-14H,7,10-11H2,1-6H3,(H,19,21). The predicted octanol–water partition coefficient (Wildman–Crippen LogP) is 3.61. The van der Waals surface area contributed by atoms with Gasteiger partial charge in [-0.3, -0.25) is 4.79 Å². The van der Waals surface area contributed by atoms with Gasteiger partial charge in [0, 0.05) is 12.1 Å². The molecule has 118 valence electrons. The molecule has 0 aliphatic carbocycles. The van der Waals surface area contributed by atoms with Gasteiger partial charge in [-0.25, -0.2) is 0 Å². The third-order valence-corrected chi connectivity index (χ3v) is 3.66. The smallest absolute Gasteiger partial charge is 0.251 e. The molecule has 0 atom stereocenters. The first-order chi connectivity index (χ1) is 9.82. The maximum atomic E-state index is 12.2. The Morgan fingerprint density at radius 1 is 1.10 bits per heavy atom. The molecule has 1 aromatic carbocycles. The lowest BCUT2D eigenvalue weighted by Gasteiger charge is -2.17. The van der Waals surface area contributed by atoms with Crippen LogP contribution in [-0.4, -0.2) is 38.0 Å². The second-order valence-electron chi connectivity index (χ2n) is 6.57. The molecule has 21 heavy (non-hydrogen) atoms. The average Bonchev–Trinajstić information content (AvgIpc) is 2.42. The summed E-state index contributed by atoms with van der Waals surface area (Å²) < 4.78 is 0. The summed E-state index contributed by atoms with van der Waals surface area (Å²) in [6.07, 6.45) is 0.972. The van der Waals surface area contributed by atoms with Crippen molar-refractivity contribution in [2.24, 2.45) is 0 Å². The summed E-state index contributed by atoms with van der Waals surface area (Å²) >= 11 is 0. The summed E-state index contributed by atoms with van der Waals surface area (Å²) in [4.78, 5) is 14.3. The van der Waals surface area contributed by atoms with Crippen LogP contribution in [0, 0.1) is 0 Å². The van der Waals surface area contributed by atoms with Crippen LogP contribution in [0.2, 0.25) is 0 Å². The highest BCUT2D eigenvalue weighted by Crippen LogP contribution is 2.27. The van der Waals surface area contributed by atoms with Crippen molar-refractivity contribution in [3.63, 3.8) is 0 Å². The first-order valence-corrected chi connectivity index (χ1v) is 7.89. The normalized spacial score (nSPS) is 11.5. The molecular formula is C18H30N2O. The van der Waals surface area contributed by atoms with Crippen molar-refractivity contribution in [2.75, 3.05) is 27.2 Å². The monoisotopic (exact) mass is 290 g/mol. The van der Waals surface area contributed by atoms with Crippen LogP contribution in [0.3, 0.4) is 0 Å². The minimum Gasteiger partial charge on any atom is -0.352 e. The fraction of sp³-hybridized carbons (Fsp3) is 0.611. The van der Waals surface area contributed by atoms with Gasteiger partial charge in [0.25, 0.3) is 5.91 Å². The summed E-state index contributed by atoms with van der Waals surface area (Å²) in [6.45, 7) is 10.5. The Balaban J connectivity index is 2.74. The lowest BCUT2D eigenvalue weighted by atomic mass is 9.89. The molecule has 1 N–H and O–H groups in total. The number of nitrogens with zero attached hydrogens (tertiary/aromatic N) is 1. The maximum Gasteiger partial charge on any atom is 0.251 e. The third kappa shape index (κ3) is 5.50. The van der Waals surface area contributed by atoms with E-state index in [1.54, 1.807) is 0 Å². The molecule has 0 saturated carbocycles. The van der Waals surface area contributed by atoms with E-state index < -0.39 is 0 Å². The molecule has 3 heteroatoms. The van der Waals surface area contributed by atoms with Crippen molar-refractivity contribution in [2.45, 2.75) is 46.0 Å². The van der Waals surface area contributed by atoms with Gasteiger partial charge in [-0.05, 0) is 62.2 Å². The highest BCUT2D eigenvalue weighted by atomic mass is 16.1. The molecule has 0 aliphatic heterocycles. The highest BCUT2D eigenvalue weighted by Gasteiger charge is 2.13. The van der Waals surface area contributed by atoms with E-state index in [0.29, 0.717) is 11.8 Å². The molecule has 0 radical (unpaired) electrons. The minimum atomic E-state index is 0.0333. The van der Waals surface area contributed by atoms with Crippen LogP contribution in [0.15, 0.2) is 18.2 Å². The third-order valence-electron chi connectivity index (χ3n) is 3.66. The van der Waals surface area contributed by atoms with Crippen LogP contribution in [-0.2, 0) is 0 Å². The fourth-order valence-corrected chi connectivity index (χ4v) is 2.44. The second-order valence-corrected chi connectivity index (χ2v) is 6.57. The number of hydrogen-bond acceptors (Lipinski definition) is 2. The molecule has 3 nitrogen and oxygen atoms in total. The first kappa shape index (κ1) is 17.7. The zero-order chi connectivity index (χ0) is 16.0. The van der Waals surface area contributed by atoms with Crippen LogP contribution in [0.4, 0.5) is 0 Å². The van der Waals surface area contributed by atoms with E-state index in [-0.39, 0.29) is 5.91 Å². The molecule has 0 fully saturated rings. The number of rotatable bonds is 7. The summed E-state index contributed by atoms with van der Waals surface area (Å²) in [5.41, 5.74) is 3.40. The van der Waals surface area contributed by atoms with Crippen molar-refractivity contribution in [3.05, 3.63) is 34.9 Å². The predicted molar refractivity (Wildman–Crippen MR) is 90.1 cm³/mol. The van der Waals surface area contributed by atoms with Gasteiger partial charge in [0.1, 0.15) is 0 Å². The maximum absolute atomic E-state index is 12.2. The molecule has 0 spiro atoms. The van der Waals surface area contributed by atoms with Crippen molar-refractivity contribution in [1.82, 2.24) is 10.2 Å². The lowest BCUT2D eigenvalue weighted by molar-refractivity contribution is 0.0952. The van der Waals surface area contributed by atoms with Gasteiger partial charge >= 0.3 is 0 Å². The van der Waals surface area contributed by atoms with Gasteiger partial charge in [0.15, 0.2) is 0 Å². The molecule has 0 aromatic heterocycles. The zero-order valence-electron chi connectivity index (χ0n) is 14.4. The van der Waals surface area contributed by atoms with Gasteiger partial charge in [0.2, 0.25) is 0 Å². The van der Waals surface area contributed by atoms with Crippen LogP contribution in [0.5, 0.6) is 0 Å². The van der Waals surface area contributed by atoms with Gasteiger partial charge in [-0.1, -0.05) is 33.8 Å². The Kier molecular flexibility index (Phi) is 6.90.